The van der Waals surface area contributed by atoms with Gasteiger partial charge in [0.25, 0.3) is 5.91 Å². The number of para-hydroxylation sites is 1. The molecule has 130 valence electrons. The summed E-state index contributed by atoms with van der Waals surface area (Å²) in [5.41, 5.74) is 5.05. The number of anilines is 2. The molecule has 4 nitrogen and oxygen atoms in total. The van der Waals surface area contributed by atoms with Gasteiger partial charge in [-0.05, 0) is 48.7 Å². The van der Waals surface area contributed by atoms with Gasteiger partial charge in [-0.25, -0.2) is 4.98 Å². The molecule has 26 heavy (non-hydrogen) atoms. The van der Waals surface area contributed by atoms with Crippen molar-refractivity contribution in [3.05, 3.63) is 89.1 Å². The molecule has 3 aromatic rings. The number of hydrogen-bond donors (Lipinski definition) is 1. The number of rotatable bonds is 4. The monoisotopic (exact) mass is 343 g/mol. The average molecular weight is 343 g/mol. The van der Waals surface area contributed by atoms with Crippen molar-refractivity contribution < 1.29 is 4.79 Å². The zero-order chi connectivity index (χ0) is 18.1. The first-order valence-electron chi connectivity index (χ1n) is 8.88. The molecule has 1 aliphatic rings. The summed E-state index contributed by atoms with van der Waals surface area (Å²) in [5.74, 6) is 0.642. The molecule has 0 spiro atoms. The predicted octanol–water partition coefficient (Wildman–Crippen LogP) is 4.72. The van der Waals surface area contributed by atoms with Crippen LogP contribution < -0.4 is 10.2 Å². The van der Waals surface area contributed by atoms with Gasteiger partial charge in [0.15, 0.2) is 0 Å². The lowest BCUT2D eigenvalue weighted by molar-refractivity contribution is 0.0992. The van der Waals surface area contributed by atoms with Crippen LogP contribution >= 0.6 is 0 Å². The van der Waals surface area contributed by atoms with E-state index in [-0.39, 0.29) is 12.1 Å². The maximum atomic E-state index is 13.1. The van der Waals surface area contributed by atoms with Gasteiger partial charge in [0.1, 0.15) is 12.0 Å². The van der Waals surface area contributed by atoms with Gasteiger partial charge in [0.2, 0.25) is 0 Å². The number of aromatic nitrogens is 1. The Morgan fingerprint density at radius 3 is 2.65 bits per heavy atom. The average Bonchev–Trinajstić information content (AvgIpc) is 2.94. The molecule has 1 aromatic heterocycles. The van der Waals surface area contributed by atoms with Crippen LogP contribution in [0.25, 0.3) is 0 Å². The highest BCUT2D eigenvalue weighted by atomic mass is 16.2. The number of carbonyl (C=O) groups excluding carboxylic acids is 1. The third-order valence-corrected chi connectivity index (χ3v) is 4.80. The lowest BCUT2D eigenvalue weighted by Gasteiger charge is -2.27. The first-order valence-corrected chi connectivity index (χ1v) is 8.88. The summed E-state index contributed by atoms with van der Waals surface area (Å²) in [4.78, 5) is 19.3. The lowest BCUT2D eigenvalue weighted by Crippen LogP contribution is -2.33. The maximum absolute atomic E-state index is 13.1. The van der Waals surface area contributed by atoms with E-state index >= 15 is 0 Å². The fourth-order valence-corrected chi connectivity index (χ4v) is 3.46. The molecular weight excluding hydrogens is 322 g/mol. The highest BCUT2D eigenvalue weighted by Gasteiger charge is 2.38. The van der Waals surface area contributed by atoms with Crippen LogP contribution in [0, 0.1) is 6.92 Å². The van der Waals surface area contributed by atoms with Gasteiger partial charge in [-0.1, -0.05) is 43.3 Å². The molecular formula is C22H21N3O. The van der Waals surface area contributed by atoms with Crippen LogP contribution in [0.4, 0.5) is 11.5 Å². The molecule has 1 amide bonds. The van der Waals surface area contributed by atoms with Gasteiger partial charge in [0.05, 0.1) is 0 Å². The van der Waals surface area contributed by atoms with Crippen molar-refractivity contribution in [3.8, 4) is 0 Å². The molecule has 0 bridgehead atoms. The third kappa shape index (κ3) is 2.73. The fourth-order valence-electron chi connectivity index (χ4n) is 3.46. The second-order valence-corrected chi connectivity index (χ2v) is 6.51. The van der Waals surface area contributed by atoms with Crippen LogP contribution in [0.2, 0.25) is 0 Å². The number of fused-ring (bicyclic) bond motifs is 1. The molecule has 1 N–H and O–H groups in total. The van der Waals surface area contributed by atoms with Gasteiger partial charge >= 0.3 is 0 Å². The minimum Gasteiger partial charge on any atom is -0.361 e. The number of hydrogen-bond acceptors (Lipinski definition) is 3. The number of aryl methyl sites for hydroxylation is 2. The molecule has 0 unspecified atom stereocenters. The second-order valence-electron chi connectivity index (χ2n) is 6.51. The van der Waals surface area contributed by atoms with E-state index < -0.39 is 0 Å². The van der Waals surface area contributed by atoms with Crippen LogP contribution in [0.1, 0.15) is 40.1 Å². The van der Waals surface area contributed by atoms with Crippen molar-refractivity contribution in [1.29, 1.82) is 0 Å². The van der Waals surface area contributed by atoms with Crippen molar-refractivity contribution in [2.45, 2.75) is 26.4 Å². The minimum absolute atomic E-state index is 0.0230. The van der Waals surface area contributed by atoms with Crippen LogP contribution in [0.15, 0.2) is 66.9 Å². The minimum atomic E-state index is -0.277. The number of nitrogens with one attached hydrogen (secondary N) is 1. The van der Waals surface area contributed by atoms with Crippen molar-refractivity contribution in [2.75, 3.05) is 10.2 Å². The third-order valence-electron chi connectivity index (χ3n) is 4.80. The molecule has 0 radical (unpaired) electrons. The number of carbonyl (C=O) groups is 1. The Morgan fingerprint density at radius 1 is 1.08 bits per heavy atom. The summed E-state index contributed by atoms with van der Waals surface area (Å²) >= 11 is 0. The molecule has 4 heteroatoms. The van der Waals surface area contributed by atoms with E-state index in [9.17, 15) is 4.79 Å². The van der Waals surface area contributed by atoms with E-state index in [4.69, 9.17) is 0 Å². The van der Waals surface area contributed by atoms with E-state index in [1.54, 1.807) is 11.1 Å². The maximum Gasteiger partial charge on any atom is 0.261 e. The van der Waals surface area contributed by atoms with Gasteiger partial charge in [0, 0.05) is 23.0 Å². The Bertz CT molecular complexity index is 967. The van der Waals surface area contributed by atoms with Crippen molar-refractivity contribution in [1.82, 2.24) is 4.98 Å². The summed E-state index contributed by atoms with van der Waals surface area (Å²) in [6, 6.07) is 19.9. The van der Waals surface area contributed by atoms with E-state index in [1.807, 2.05) is 55.5 Å². The Hall–Kier alpha value is -3.14. The summed E-state index contributed by atoms with van der Waals surface area (Å²) in [7, 11) is 0. The molecule has 1 aliphatic heterocycles. The molecule has 2 aromatic carbocycles. The topological polar surface area (TPSA) is 45.2 Å². The SMILES string of the molecule is CCc1ccccc1N[C@@H]1c2ccccc2C(=O)N1c1cc(C)ccn1. The van der Waals surface area contributed by atoms with E-state index in [1.165, 1.54) is 5.56 Å². The Balaban J connectivity index is 1.81. The number of pyridine rings is 1. The fraction of sp³-hybridized carbons (Fsp3) is 0.182. The van der Waals surface area contributed by atoms with Crippen LogP contribution in [0.3, 0.4) is 0 Å². The first-order chi connectivity index (χ1) is 12.7. The first kappa shape index (κ1) is 16.3. The molecule has 0 aliphatic carbocycles. The smallest absolute Gasteiger partial charge is 0.261 e. The number of amides is 1. The number of nitrogens with zero attached hydrogens (tertiary/aromatic N) is 2. The Labute approximate surface area is 153 Å². The quantitative estimate of drug-likeness (QED) is 0.745. The highest BCUT2D eigenvalue weighted by Crippen LogP contribution is 2.37. The van der Waals surface area contributed by atoms with Crippen LogP contribution in [0.5, 0.6) is 0 Å². The Morgan fingerprint density at radius 2 is 1.85 bits per heavy atom. The highest BCUT2D eigenvalue weighted by molar-refractivity contribution is 6.11. The van der Waals surface area contributed by atoms with Crippen molar-refractivity contribution in [2.24, 2.45) is 0 Å². The zero-order valence-corrected chi connectivity index (χ0v) is 14.9. The summed E-state index contributed by atoms with van der Waals surface area (Å²) in [6.45, 7) is 4.14. The van der Waals surface area contributed by atoms with Crippen LogP contribution in [-0.4, -0.2) is 10.9 Å². The molecule has 4 rings (SSSR count). The molecule has 0 saturated carbocycles. The number of benzene rings is 2. The van der Waals surface area contributed by atoms with Gasteiger partial charge in [-0.3, -0.25) is 9.69 Å². The van der Waals surface area contributed by atoms with E-state index in [2.05, 4.69) is 29.4 Å². The van der Waals surface area contributed by atoms with Gasteiger partial charge in [-0.15, -0.1) is 0 Å². The summed E-state index contributed by atoms with van der Waals surface area (Å²) in [5, 5.41) is 3.58. The molecule has 2 heterocycles. The second kappa shape index (κ2) is 6.64. The van der Waals surface area contributed by atoms with E-state index in [0.717, 1.165) is 28.8 Å². The van der Waals surface area contributed by atoms with Gasteiger partial charge < -0.3 is 5.32 Å². The Kier molecular flexibility index (Phi) is 4.17. The van der Waals surface area contributed by atoms with Crippen molar-refractivity contribution >= 4 is 17.4 Å². The van der Waals surface area contributed by atoms with Crippen molar-refractivity contribution in [3.63, 3.8) is 0 Å². The van der Waals surface area contributed by atoms with E-state index in [0.29, 0.717) is 5.82 Å². The molecule has 0 fully saturated rings. The normalized spacial score (nSPS) is 15.8. The molecule has 1 atom stereocenters. The standard InChI is InChI=1S/C22H21N3O/c1-3-16-8-4-7-11-19(16)24-21-17-9-5-6-10-18(17)22(26)25(21)20-14-15(2)12-13-23-20/h4-14,21,24H,3H2,1-2H3/t21-/m0/s1. The predicted molar refractivity (Wildman–Crippen MR) is 104 cm³/mol. The zero-order valence-electron chi connectivity index (χ0n) is 14.9. The van der Waals surface area contributed by atoms with Crippen LogP contribution in [-0.2, 0) is 6.42 Å². The molecule has 0 saturated heterocycles. The largest absolute Gasteiger partial charge is 0.361 e. The summed E-state index contributed by atoms with van der Waals surface area (Å²) in [6.07, 6.45) is 2.40. The lowest BCUT2D eigenvalue weighted by atomic mass is 10.1. The van der Waals surface area contributed by atoms with Gasteiger partial charge in [-0.2, -0.15) is 0 Å². The summed E-state index contributed by atoms with van der Waals surface area (Å²) < 4.78 is 0.